The monoisotopic (exact) mass is 337 g/mol. The zero-order valence-corrected chi connectivity index (χ0v) is 13.7. The van der Waals surface area contributed by atoms with Gasteiger partial charge in [-0.1, -0.05) is 13.8 Å². The zero-order chi connectivity index (χ0) is 14.5. The van der Waals surface area contributed by atoms with Crippen molar-refractivity contribution in [2.24, 2.45) is 7.05 Å². The lowest BCUT2D eigenvalue weighted by Crippen LogP contribution is -2.05. The standard InChI is InChI=1S/C14H20BrN5/c1-4-6-13-17-12(15)7-14(18-13)16-8-10-9-20(3)19-11(10)5-2/h7,9H,4-6,8H2,1-3H3,(H,16,17,18). The van der Waals surface area contributed by atoms with Gasteiger partial charge in [-0.25, -0.2) is 9.97 Å². The van der Waals surface area contributed by atoms with Crippen molar-refractivity contribution in [3.8, 4) is 0 Å². The minimum absolute atomic E-state index is 0.728. The van der Waals surface area contributed by atoms with Crippen LogP contribution in [0.4, 0.5) is 5.82 Å². The molecule has 0 saturated carbocycles. The van der Waals surface area contributed by atoms with Gasteiger partial charge >= 0.3 is 0 Å². The van der Waals surface area contributed by atoms with E-state index in [1.54, 1.807) is 0 Å². The van der Waals surface area contributed by atoms with Crippen LogP contribution in [0.15, 0.2) is 16.9 Å². The molecule has 0 unspecified atom stereocenters. The van der Waals surface area contributed by atoms with Gasteiger partial charge in [-0.2, -0.15) is 5.10 Å². The summed E-state index contributed by atoms with van der Waals surface area (Å²) in [7, 11) is 1.95. The summed E-state index contributed by atoms with van der Waals surface area (Å²) in [6.45, 7) is 4.97. The number of aromatic nitrogens is 4. The first-order chi connectivity index (χ1) is 9.62. The van der Waals surface area contributed by atoms with Crippen molar-refractivity contribution in [2.45, 2.75) is 39.7 Å². The third kappa shape index (κ3) is 3.79. The highest BCUT2D eigenvalue weighted by atomic mass is 79.9. The molecule has 6 heteroatoms. The van der Waals surface area contributed by atoms with Crippen LogP contribution in [0.25, 0.3) is 0 Å². The first kappa shape index (κ1) is 15.0. The van der Waals surface area contributed by atoms with Crippen LogP contribution in [-0.2, 0) is 26.4 Å². The minimum Gasteiger partial charge on any atom is -0.366 e. The van der Waals surface area contributed by atoms with Gasteiger partial charge in [0.05, 0.1) is 5.69 Å². The Bertz CT molecular complexity index is 579. The van der Waals surface area contributed by atoms with Gasteiger partial charge < -0.3 is 5.32 Å². The first-order valence-corrected chi connectivity index (χ1v) is 7.70. The Hall–Kier alpha value is -1.43. The number of halogens is 1. The first-order valence-electron chi connectivity index (χ1n) is 6.91. The molecular formula is C14H20BrN5. The molecule has 108 valence electrons. The highest BCUT2D eigenvalue weighted by Gasteiger charge is 2.07. The van der Waals surface area contributed by atoms with E-state index >= 15 is 0 Å². The van der Waals surface area contributed by atoms with Gasteiger partial charge in [-0.15, -0.1) is 0 Å². The van der Waals surface area contributed by atoms with E-state index < -0.39 is 0 Å². The number of aryl methyl sites for hydroxylation is 3. The molecule has 0 saturated heterocycles. The summed E-state index contributed by atoms with van der Waals surface area (Å²) >= 11 is 3.43. The third-order valence-electron chi connectivity index (χ3n) is 3.00. The fourth-order valence-corrected chi connectivity index (χ4v) is 2.53. The summed E-state index contributed by atoms with van der Waals surface area (Å²) in [6.07, 6.45) is 4.92. The van der Waals surface area contributed by atoms with E-state index in [2.05, 4.69) is 56.4 Å². The normalized spacial score (nSPS) is 10.8. The number of nitrogens with one attached hydrogen (secondary N) is 1. The van der Waals surface area contributed by atoms with E-state index in [-0.39, 0.29) is 0 Å². The fraction of sp³-hybridized carbons (Fsp3) is 0.500. The second-order valence-corrected chi connectivity index (χ2v) is 5.54. The highest BCUT2D eigenvalue weighted by molar-refractivity contribution is 9.10. The zero-order valence-electron chi connectivity index (χ0n) is 12.1. The molecular weight excluding hydrogens is 318 g/mol. The quantitative estimate of drug-likeness (QED) is 0.823. The van der Waals surface area contributed by atoms with Crippen LogP contribution in [0.5, 0.6) is 0 Å². The average Bonchev–Trinajstić information content (AvgIpc) is 2.76. The predicted octanol–water partition coefficient (Wildman–Crippen LogP) is 3.10. The van der Waals surface area contributed by atoms with E-state index in [0.29, 0.717) is 0 Å². The van der Waals surface area contributed by atoms with Gasteiger partial charge in [-0.3, -0.25) is 4.68 Å². The predicted molar refractivity (Wildman–Crippen MR) is 83.6 cm³/mol. The summed E-state index contributed by atoms with van der Waals surface area (Å²) in [6, 6.07) is 1.90. The highest BCUT2D eigenvalue weighted by Crippen LogP contribution is 2.15. The van der Waals surface area contributed by atoms with Crippen molar-refractivity contribution >= 4 is 21.7 Å². The van der Waals surface area contributed by atoms with Crippen molar-refractivity contribution in [1.29, 1.82) is 0 Å². The molecule has 0 aromatic carbocycles. The van der Waals surface area contributed by atoms with Gasteiger partial charge in [0.25, 0.3) is 0 Å². The Balaban J connectivity index is 2.10. The van der Waals surface area contributed by atoms with E-state index in [4.69, 9.17) is 0 Å². The lowest BCUT2D eigenvalue weighted by atomic mass is 10.2. The lowest BCUT2D eigenvalue weighted by molar-refractivity contribution is 0.746. The Labute approximate surface area is 128 Å². The average molecular weight is 338 g/mol. The maximum Gasteiger partial charge on any atom is 0.132 e. The second kappa shape index (κ2) is 6.83. The number of hydrogen-bond donors (Lipinski definition) is 1. The molecule has 2 heterocycles. The molecule has 1 N–H and O–H groups in total. The Morgan fingerprint density at radius 3 is 2.80 bits per heavy atom. The molecule has 2 aromatic rings. The van der Waals surface area contributed by atoms with E-state index in [1.165, 1.54) is 5.56 Å². The van der Waals surface area contributed by atoms with Crippen molar-refractivity contribution in [1.82, 2.24) is 19.7 Å². The van der Waals surface area contributed by atoms with Gasteiger partial charge in [0.2, 0.25) is 0 Å². The Kier molecular flexibility index (Phi) is 5.11. The lowest BCUT2D eigenvalue weighted by Gasteiger charge is -2.07. The number of anilines is 1. The molecule has 0 aliphatic rings. The number of rotatable bonds is 6. The van der Waals surface area contributed by atoms with Gasteiger partial charge in [0, 0.05) is 37.8 Å². The molecule has 2 aromatic heterocycles. The summed E-state index contributed by atoms with van der Waals surface area (Å²) < 4.78 is 2.68. The summed E-state index contributed by atoms with van der Waals surface area (Å²) in [5.74, 6) is 1.72. The van der Waals surface area contributed by atoms with Crippen LogP contribution in [-0.4, -0.2) is 19.7 Å². The third-order valence-corrected chi connectivity index (χ3v) is 3.41. The van der Waals surface area contributed by atoms with Gasteiger partial charge in [0.15, 0.2) is 0 Å². The summed E-state index contributed by atoms with van der Waals surface area (Å²) in [4.78, 5) is 8.89. The maximum absolute atomic E-state index is 4.52. The molecule has 5 nitrogen and oxygen atoms in total. The second-order valence-electron chi connectivity index (χ2n) is 4.72. The van der Waals surface area contributed by atoms with Gasteiger partial charge in [0.1, 0.15) is 16.2 Å². The topological polar surface area (TPSA) is 55.6 Å². The molecule has 0 radical (unpaired) electrons. The smallest absolute Gasteiger partial charge is 0.132 e. The van der Waals surface area contributed by atoms with E-state index in [0.717, 1.165) is 47.7 Å². The largest absolute Gasteiger partial charge is 0.366 e. The van der Waals surface area contributed by atoms with Crippen molar-refractivity contribution in [2.75, 3.05) is 5.32 Å². The minimum atomic E-state index is 0.728. The molecule has 0 amide bonds. The van der Waals surface area contributed by atoms with Crippen LogP contribution < -0.4 is 5.32 Å². The van der Waals surface area contributed by atoms with E-state index in [9.17, 15) is 0 Å². The molecule has 2 rings (SSSR count). The van der Waals surface area contributed by atoms with Crippen molar-refractivity contribution in [3.63, 3.8) is 0 Å². The van der Waals surface area contributed by atoms with E-state index in [1.807, 2.05) is 17.8 Å². The Morgan fingerprint density at radius 1 is 1.30 bits per heavy atom. The van der Waals surface area contributed by atoms with Crippen LogP contribution in [0.2, 0.25) is 0 Å². The Morgan fingerprint density at radius 2 is 2.10 bits per heavy atom. The summed E-state index contributed by atoms with van der Waals surface area (Å²) in [5.41, 5.74) is 2.34. The van der Waals surface area contributed by atoms with Crippen LogP contribution >= 0.6 is 15.9 Å². The van der Waals surface area contributed by atoms with Crippen LogP contribution in [0.1, 0.15) is 37.4 Å². The van der Waals surface area contributed by atoms with Gasteiger partial charge in [-0.05, 0) is 28.8 Å². The molecule has 0 bridgehead atoms. The maximum atomic E-state index is 4.52. The number of hydrogen-bond acceptors (Lipinski definition) is 4. The molecule has 0 spiro atoms. The van der Waals surface area contributed by atoms with Crippen molar-refractivity contribution < 1.29 is 0 Å². The van der Waals surface area contributed by atoms with Crippen molar-refractivity contribution in [3.05, 3.63) is 33.9 Å². The van der Waals surface area contributed by atoms with Crippen LogP contribution in [0, 0.1) is 0 Å². The number of nitrogens with zero attached hydrogens (tertiary/aromatic N) is 4. The molecule has 0 aliphatic carbocycles. The molecule has 0 aliphatic heterocycles. The SMILES string of the molecule is CCCc1nc(Br)cc(NCc2cn(C)nc2CC)n1. The molecule has 0 atom stereocenters. The fourth-order valence-electron chi connectivity index (χ4n) is 2.11. The molecule has 20 heavy (non-hydrogen) atoms. The van der Waals surface area contributed by atoms with Crippen LogP contribution in [0.3, 0.4) is 0 Å². The summed E-state index contributed by atoms with van der Waals surface area (Å²) in [5, 5.41) is 7.79. The molecule has 0 fully saturated rings.